The third-order valence-corrected chi connectivity index (χ3v) is 4.35. The second kappa shape index (κ2) is 8.77. The summed E-state index contributed by atoms with van der Waals surface area (Å²) >= 11 is 0. The fourth-order valence-electron chi connectivity index (χ4n) is 3.00. The van der Waals surface area contributed by atoms with Gasteiger partial charge in [0.2, 0.25) is 5.91 Å². The predicted octanol–water partition coefficient (Wildman–Crippen LogP) is 0.534. The average Bonchev–Trinajstić information content (AvgIpc) is 3.09. The van der Waals surface area contributed by atoms with Crippen LogP contribution in [0.3, 0.4) is 0 Å². The highest BCUT2D eigenvalue weighted by atomic mass is 35.5. The number of nitrogens with two attached hydrogens (primary N) is 1. The van der Waals surface area contributed by atoms with Gasteiger partial charge in [-0.05, 0) is 17.5 Å². The number of aromatic nitrogens is 3. The summed E-state index contributed by atoms with van der Waals surface area (Å²) in [4.78, 5) is 25.6. The van der Waals surface area contributed by atoms with E-state index in [1.54, 1.807) is 4.90 Å². The molecule has 1 atom stereocenters. The van der Waals surface area contributed by atoms with Crippen LogP contribution in [0.4, 0.5) is 0 Å². The number of nitrogens with one attached hydrogen (secondary N) is 1. The summed E-state index contributed by atoms with van der Waals surface area (Å²) in [6, 6.07) is 8.26. The Morgan fingerprint density at radius 3 is 2.69 bits per heavy atom. The van der Waals surface area contributed by atoms with Gasteiger partial charge < -0.3 is 16.0 Å². The Hall–Kier alpha value is -2.45. The number of benzene rings is 1. The Morgan fingerprint density at radius 2 is 2.04 bits per heavy atom. The van der Waals surface area contributed by atoms with Crippen molar-refractivity contribution in [2.45, 2.75) is 25.9 Å². The molecular weight excluding hydrogens is 356 g/mol. The molecule has 0 bridgehead atoms. The van der Waals surface area contributed by atoms with E-state index < -0.39 is 5.91 Å². The summed E-state index contributed by atoms with van der Waals surface area (Å²) in [5, 5.41) is 11.0. The van der Waals surface area contributed by atoms with Gasteiger partial charge in [-0.2, -0.15) is 0 Å². The molecule has 3 N–H and O–H groups in total. The fourth-order valence-corrected chi connectivity index (χ4v) is 3.00. The molecule has 0 saturated carbocycles. The van der Waals surface area contributed by atoms with Crippen molar-refractivity contribution in [1.82, 2.24) is 25.2 Å². The van der Waals surface area contributed by atoms with Gasteiger partial charge in [0.25, 0.3) is 5.91 Å². The molecule has 3 rings (SSSR count). The zero-order valence-electron chi connectivity index (χ0n) is 14.6. The van der Waals surface area contributed by atoms with Crippen molar-refractivity contribution in [2.75, 3.05) is 19.6 Å². The molecule has 0 aliphatic carbocycles. The van der Waals surface area contributed by atoms with Gasteiger partial charge in [-0.15, -0.1) is 17.5 Å². The largest absolute Gasteiger partial charge is 0.368 e. The third kappa shape index (κ3) is 4.39. The van der Waals surface area contributed by atoms with Crippen molar-refractivity contribution in [3.8, 4) is 0 Å². The van der Waals surface area contributed by atoms with Crippen molar-refractivity contribution < 1.29 is 9.59 Å². The second-order valence-corrected chi connectivity index (χ2v) is 6.08. The first kappa shape index (κ1) is 19.9. The van der Waals surface area contributed by atoms with Crippen molar-refractivity contribution in [3.05, 3.63) is 47.3 Å². The van der Waals surface area contributed by atoms with Crippen LogP contribution in [-0.2, 0) is 17.8 Å². The van der Waals surface area contributed by atoms with E-state index in [1.807, 2.05) is 0 Å². The lowest BCUT2D eigenvalue weighted by atomic mass is 10.0. The molecule has 1 aromatic carbocycles. The van der Waals surface area contributed by atoms with Crippen LogP contribution in [-0.4, -0.2) is 51.3 Å². The Morgan fingerprint density at radius 1 is 1.31 bits per heavy atom. The lowest BCUT2D eigenvalue weighted by Crippen LogP contribution is -2.48. The number of rotatable bonds is 5. The SMILES string of the molecule is CCc1ccc(C2CNCCN2C(=O)c2cn(CC(N)=O)nn2)cc1.Cl. The highest BCUT2D eigenvalue weighted by molar-refractivity contribution is 5.92. The monoisotopic (exact) mass is 378 g/mol. The Labute approximate surface area is 158 Å². The highest BCUT2D eigenvalue weighted by Crippen LogP contribution is 2.24. The molecule has 1 aliphatic rings. The lowest BCUT2D eigenvalue weighted by molar-refractivity contribution is -0.118. The zero-order chi connectivity index (χ0) is 17.8. The summed E-state index contributed by atoms with van der Waals surface area (Å²) in [5.74, 6) is -0.721. The molecule has 26 heavy (non-hydrogen) atoms. The van der Waals surface area contributed by atoms with Crippen LogP contribution in [0.25, 0.3) is 0 Å². The third-order valence-electron chi connectivity index (χ3n) is 4.35. The normalized spacial score (nSPS) is 16.8. The van der Waals surface area contributed by atoms with E-state index in [0.717, 1.165) is 18.5 Å². The van der Waals surface area contributed by atoms with Gasteiger partial charge in [0, 0.05) is 19.6 Å². The van der Waals surface area contributed by atoms with Crippen molar-refractivity contribution >= 4 is 24.2 Å². The summed E-state index contributed by atoms with van der Waals surface area (Å²) in [5.41, 5.74) is 7.71. The number of halogens is 1. The maximum absolute atomic E-state index is 12.9. The van der Waals surface area contributed by atoms with Crippen LogP contribution in [0.5, 0.6) is 0 Å². The molecule has 1 saturated heterocycles. The first-order valence-electron chi connectivity index (χ1n) is 8.37. The molecule has 1 unspecified atom stereocenters. The van der Waals surface area contributed by atoms with E-state index in [9.17, 15) is 9.59 Å². The number of nitrogens with zero attached hydrogens (tertiary/aromatic N) is 4. The number of piperazine rings is 1. The number of hydrogen-bond acceptors (Lipinski definition) is 5. The number of aryl methyl sites for hydroxylation is 1. The smallest absolute Gasteiger partial charge is 0.276 e. The second-order valence-electron chi connectivity index (χ2n) is 6.08. The summed E-state index contributed by atoms with van der Waals surface area (Å²) in [7, 11) is 0. The van der Waals surface area contributed by atoms with Gasteiger partial charge in [-0.25, -0.2) is 4.68 Å². The molecule has 0 spiro atoms. The number of amides is 2. The van der Waals surface area contributed by atoms with Gasteiger partial charge >= 0.3 is 0 Å². The van der Waals surface area contributed by atoms with Crippen molar-refractivity contribution in [3.63, 3.8) is 0 Å². The molecule has 8 nitrogen and oxygen atoms in total. The van der Waals surface area contributed by atoms with Crippen LogP contribution in [0, 0.1) is 0 Å². The summed E-state index contributed by atoms with van der Waals surface area (Å²) < 4.78 is 1.28. The van der Waals surface area contributed by atoms with Crippen LogP contribution < -0.4 is 11.1 Å². The van der Waals surface area contributed by atoms with Crippen LogP contribution in [0.15, 0.2) is 30.5 Å². The molecule has 1 aliphatic heterocycles. The minimum Gasteiger partial charge on any atom is -0.368 e. The Bertz CT molecular complexity index is 761. The van der Waals surface area contributed by atoms with Crippen molar-refractivity contribution in [1.29, 1.82) is 0 Å². The number of carbonyl (C=O) groups excluding carboxylic acids is 2. The quantitative estimate of drug-likeness (QED) is 0.789. The summed E-state index contributed by atoms with van der Waals surface area (Å²) in [6.07, 6.45) is 2.45. The number of primary amides is 1. The van der Waals surface area contributed by atoms with Gasteiger partial charge in [0.1, 0.15) is 6.54 Å². The van der Waals surface area contributed by atoms with Gasteiger partial charge in [0.05, 0.1) is 12.2 Å². The average molecular weight is 379 g/mol. The molecule has 2 aromatic rings. The molecule has 1 fully saturated rings. The number of carbonyl (C=O) groups is 2. The zero-order valence-corrected chi connectivity index (χ0v) is 15.4. The van der Waals surface area contributed by atoms with E-state index in [1.165, 1.54) is 16.4 Å². The molecule has 2 heterocycles. The van der Waals surface area contributed by atoms with Gasteiger partial charge in [0.15, 0.2) is 5.69 Å². The molecular formula is C17H23ClN6O2. The maximum Gasteiger partial charge on any atom is 0.276 e. The fraction of sp³-hybridized carbons (Fsp3) is 0.412. The topological polar surface area (TPSA) is 106 Å². The molecule has 2 amide bonds. The lowest BCUT2D eigenvalue weighted by Gasteiger charge is -2.36. The van der Waals surface area contributed by atoms with E-state index >= 15 is 0 Å². The van der Waals surface area contributed by atoms with Gasteiger partial charge in [-0.1, -0.05) is 36.4 Å². The van der Waals surface area contributed by atoms with Crippen molar-refractivity contribution in [2.24, 2.45) is 5.73 Å². The molecule has 9 heteroatoms. The van der Waals surface area contributed by atoms with Crippen LogP contribution >= 0.6 is 12.4 Å². The minimum absolute atomic E-state index is 0. The minimum atomic E-state index is -0.528. The first-order valence-corrected chi connectivity index (χ1v) is 8.37. The molecule has 140 valence electrons. The Balaban J connectivity index is 0.00000243. The van der Waals surface area contributed by atoms with Gasteiger partial charge in [-0.3, -0.25) is 9.59 Å². The van der Waals surface area contributed by atoms with E-state index in [0.29, 0.717) is 13.1 Å². The molecule has 0 radical (unpaired) electrons. The van der Waals surface area contributed by atoms with E-state index in [2.05, 4.69) is 46.8 Å². The predicted molar refractivity (Wildman–Crippen MR) is 98.9 cm³/mol. The standard InChI is InChI=1S/C17H22N6O2.ClH/c1-2-12-3-5-13(6-4-12)15-9-19-7-8-23(15)17(25)14-10-22(21-20-14)11-16(18)24;/h3-6,10,15,19H,2,7-9,11H2,1H3,(H2,18,24);1H. The summed E-state index contributed by atoms with van der Waals surface area (Å²) in [6.45, 7) is 4.02. The Kier molecular flexibility index (Phi) is 6.70. The van der Waals surface area contributed by atoms with E-state index in [-0.39, 0.29) is 36.6 Å². The van der Waals surface area contributed by atoms with E-state index in [4.69, 9.17) is 5.73 Å². The highest BCUT2D eigenvalue weighted by Gasteiger charge is 2.30. The van der Waals surface area contributed by atoms with Crippen LogP contribution in [0.1, 0.15) is 34.6 Å². The molecule has 1 aromatic heterocycles. The number of hydrogen-bond donors (Lipinski definition) is 2. The maximum atomic E-state index is 12.9. The van der Waals surface area contributed by atoms with Crippen LogP contribution in [0.2, 0.25) is 0 Å². The first-order chi connectivity index (χ1) is 12.1.